The highest BCUT2D eigenvalue weighted by molar-refractivity contribution is 7.97. The van der Waals surface area contributed by atoms with Crippen LogP contribution in [-0.2, 0) is 42.1 Å². The Morgan fingerprint density at radius 1 is 1.08 bits per heavy atom. The van der Waals surface area contributed by atoms with Gasteiger partial charge in [-0.05, 0) is 86.9 Å². The number of benzene rings is 3. The van der Waals surface area contributed by atoms with Gasteiger partial charge in [-0.25, -0.2) is 22.7 Å². The van der Waals surface area contributed by atoms with Gasteiger partial charge in [0, 0.05) is 30.1 Å². The highest BCUT2D eigenvalue weighted by Crippen LogP contribution is 2.37. The zero-order valence-electron chi connectivity index (χ0n) is 29.3. The van der Waals surface area contributed by atoms with Gasteiger partial charge in [-0.1, -0.05) is 54.1 Å². The molecule has 2 amide bonds. The lowest BCUT2D eigenvalue weighted by Crippen LogP contribution is -2.56. The summed E-state index contributed by atoms with van der Waals surface area (Å²) in [6.45, 7) is 3.25. The number of rotatable bonds is 16. The number of carboxylic acids is 1. The number of carbonyl (C=O) groups excluding carboxylic acids is 3. The molecule has 4 atom stereocenters. The summed E-state index contributed by atoms with van der Waals surface area (Å²) in [4.78, 5) is 52.2. The zero-order chi connectivity index (χ0) is 38.1. The normalized spacial score (nSPS) is 18.0. The van der Waals surface area contributed by atoms with Gasteiger partial charge in [-0.3, -0.25) is 19.7 Å². The van der Waals surface area contributed by atoms with Gasteiger partial charge in [0.1, 0.15) is 17.0 Å². The number of anilines is 1. The molecular formula is C36H43ClN6O8S2. The monoisotopic (exact) mass is 786 g/mol. The molecular weight excluding hydrogens is 744 g/mol. The van der Waals surface area contributed by atoms with Crippen molar-refractivity contribution in [3.63, 3.8) is 0 Å². The van der Waals surface area contributed by atoms with Crippen LogP contribution in [0.2, 0.25) is 5.02 Å². The lowest BCUT2D eigenvalue weighted by molar-refractivity contribution is -0.150. The number of amides is 2. The largest absolute Gasteiger partial charge is 0.480 e. The Hall–Kier alpha value is -4.19. The molecule has 0 aliphatic carbocycles. The van der Waals surface area contributed by atoms with E-state index in [1.54, 1.807) is 25.1 Å². The molecule has 14 nitrogen and oxygen atoms in total. The molecule has 5 rings (SSSR count). The van der Waals surface area contributed by atoms with Crippen molar-refractivity contribution in [2.75, 3.05) is 25.0 Å². The molecule has 3 aromatic rings. The molecule has 284 valence electrons. The third kappa shape index (κ3) is 10.5. The molecule has 1 saturated heterocycles. The number of halogens is 1. The van der Waals surface area contributed by atoms with Crippen molar-refractivity contribution in [2.24, 2.45) is 0 Å². The number of carboxylic acid groups (broad SMARTS) is 1. The van der Waals surface area contributed by atoms with E-state index in [1.807, 2.05) is 18.2 Å². The Labute approximate surface area is 317 Å². The number of hydrogen-bond acceptors (Lipinski definition) is 11. The van der Waals surface area contributed by atoms with Gasteiger partial charge in [0.25, 0.3) is 5.91 Å². The first-order chi connectivity index (χ1) is 25.4. The topological polar surface area (TPSA) is 195 Å². The van der Waals surface area contributed by atoms with Gasteiger partial charge in [0.15, 0.2) is 0 Å². The molecule has 3 aromatic carbocycles. The van der Waals surface area contributed by atoms with Crippen LogP contribution in [-0.4, -0.2) is 86.2 Å². The minimum absolute atomic E-state index is 0.0283. The maximum Gasteiger partial charge on any atom is 0.326 e. The standard InChI is InChI=1S/C36H43ClN6O8S2/c1-3-51-36(48)28(40-22(2)34(45)43-17-7-10-29(43)35(46)47)21-38-33(44)25-14-11-24(12-15-25)20-39-53(49,50)31-19-30-27(18-26(31)37)41-32(42-52-30)16-13-23-8-5-4-6-9-23/h4-6,8-9,11-12,14-15,18-19,22,28-29,32,39-42H,3,7,10,13,16-17,20-21H2,1-2H3,(H,38,44)(H,46,47)/t22-,28-,29-,32?/m0/s1. The Morgan fingerprint density at radius 2 is 1.81 bits per heavy atom. The zero-order valence-corrected chi connectivity index (χ0v) is 31.7. The molecule has 0 spiro atoms. The molecule has 0 bridgehead atoms. The number of hydrogen-bond donors (Lipinski definition) is 6. The van der Waals surface area contributed by atoms with Crippen molar-refractivity contribution in [1.82, 2.24) is 25.0 Å². The Balaban J connectivity index is 1.14. The molecule has 1 fully saturated rings. The third-order valence-electron chi connectivity index (χ3n) is 8.89. The first-order valence-corrected chi connectivity index (χ1v) is 19.9. The van der Waals surface area contributed by atoms with Crippen molar-refractivity contribution in [2.45, 2.75) is 80.2 Å². The van der Waals surface area contributed by atoms with Crippen LogP contribution in [0.15, 0.2) is 76.5 Å². The van der Waals surface area contributed by atoms with E-state index < -0.39 is 51.9 Å². The van der Waals surface area contributed by atoms with Gasteiger partial charge >= 0.3 is 11.9 Å². The maximum absolute atomic E-state index is 13.3. The summed E-state index contributed by atoms with van der Waals surface area (Å²) in [5.74, 6) is -2.75. The Kier molecular flexibility index (Phi) is 13.8. The van der Waals surface area contributed by atoms with E-state index in [2.05, 4.69) is 37.5 Å². The van der Waals surface area contributed by atoms with E-state index >= 15 is 0 Å². The SMILES string of the molecule is CCOC(=O)[C@H](CNC(=O)c1ccc(CNS(=O)(=O)c2cc3c(cc2Cl)NC(CCc2ccccc2)NS3)cc1)N[C@@H](C)C(=O)N1CCC[C@H]1C(=O)O. The molecule has 2 heterocycles. The summed E-state index contributed by atoms with van der Waals surface area (Å²) >= 11 is 7.82. The number of esters is 1. The summed E-state index contributed by atoms with van der Waals surface area (Å²) < 4.78 is 37.6. The predicted octanol–water partition coefficient (Wildman–Crippen LogP) is 3.51. The molecule has 0 aromatic heterocycles. The molecule has 17 heteroatoms. The van der Waals surface area contributed by atoms with Crippen molar-refractivity contribution < 1.29 is 37.4 Å². The highest BCUT2D eigenvalue weighted by Gasteiger charge is 2.37. The lowest BCUT2D eigenvalue weighted by Gasteiger charge is -2.28. The summed E-state index contributed by atoms with van der Waals surface area (Å²) in [7, 11) is -4.01. The average molecular weight is 787 g/mol. The van der Waals surface area contributed by atoms with Gasteiger partial charge in [0.05, 0.1) is 29.5 Å². The number of aliphatic carboxylic acids is 1. The molecule has 2 aliphatic rings. The van der Waals surface area contributed by atoms with Crippen LogP contribution in [0.5, 0.6) is 0 Å². The van der Waals surface area contributed by atoms with E-state index in [4.69, 9.17) is 16.3 Å². The second kappa shape index (κ2) is 18.2. The lowest BCUT2D eigenvalue weighted by atomic mass is 10.1. The maximum atomic E-state index is 13.3. The number of sulfonamides is 1. The van der Waals surface area contributed by atoms with Crippen molar-refractivity contribution in [3.05, 3.63) is 88.4 Å². The van der Waals surface area contributed by atoms with Crippen LogP contribution in [0.3, 0.4) is 0 Å². The number of nitrogens with one attached hydrogen (secondary N) is 5. The van der Waals surface area contributed by atoms with E-state index in [1.165, 1.54) is 47.5 Å². The smallest absolute Gasteiger partial charge is 0.326 e. The molecule has 2 aliphatic heterocycles. The first kappa shape index (κ1) is 40.0. The predicted molar refractivity (Wildman–Crippen MR) is 201 cm³/mol. The second-order valence-electron chi connectivity index (χ2n) is 12.7. The number of nitrogens with zero attached hydrogens (tertiary/aromatic N) is 1. The molecule has 0 saturated carbocycles. The van der Waals surface area contributed by atoms with Gasteiger partial charge < -0.3 is 25.4 Å². The third-order valence-corrected chi connectivity index (χ3v) is 11.7. The fraction of sp³-hybridized carbons (Fsp3) is 0.389. The molecule has 6 N–H and O–H groups in total. The summed E-state index contributed by atoms with van der Waals surface area (Å²) in [6, 6.07) is 16.6. The van der Waals surface area contributed by atoms with Crippen molar-refractivity contribution in [3.8, 4) is 0 Å². The number of aryl methyl sites for hydroxylation is 1. The quantitative estimate of drug-likeness (QED) is 0.0916. The summed E-state index contributed by atoms with van der Waals surface area (Å²) in [5, 5.41) is 18.5. The van der Waals surface area contributed by atoms with E-state index in [0.717, 1.165) is 18.5 Å². The summed E-state index contributed by atoms with van der Waals surface area (Å²) in [5.41, 5.74) is 2.80. The van der Waals surface area contributed by atoms with E-state index in [-0.39, 0.29) is 41.3 Å². The van der Waals surface area contributed by atoms with Crippen LogP contribution < -0.4 is 25.4 Å². The van der Waals surface area contributed by atoms with Gasteiger partial charge in [-0.15, -0.1) is 0 Å². The van der Waals surface area contributed by atoms with E-state index in [9.17, 15) is 32.7 Å². The minimum Gasteiger partial charge on any atom is -0.480 e. The van der Waals surface area contributed by atoms with Crippen LogP contribution in [0.1, 0.15) is 54.6 Å². The van der Waals surface area contributed by atoms with Crippen LogP contribution >= 0.6 is 23.5 Å². The van der Waals surface area contributed by atoms with Crippen molar-refractivity contribution in [1.29, 1.82) is 0 Å². The molecule has 53 heavy (non-hydrogen) atoms. The number of fused-ring (bicyclic) bond motifs is 1. The Morgan fingerprint density at radius 3 is 2.51 bits per heavy atom. The number of likely N-dealkylation sites (tertiary alicyclic amines) is 1. The first-order valence-electron chi connectivity index (χ1n) is 17.3. The second-order valence-corrected chi connectivity index (χ2v) is 15.7. The van der Waals surface area contributed by atoms with Gasteiger partial charge in [-0.2, -0.15) is 0 Å². The van der Waals surface area contributed by atoms with Gasteiger partial charge in [0.2, 0.25) is 15.9 Å². The number of carbonyl (C=O) groups is 4. The molecule has 0 radical (unpaired) electrons. The number of ether oxygens (including phenoxy) is 1. The van der Waals surface area contributed by atoms with Crippen LogP contribution in [0.4, 0.5) is 5.69 Å². The average Bonchev–Trinajstić information content (AvgIpc) is 3.65. The Bertz CT molecular complexity index is 1900. The fourth-order valence-corrected chi connectivity index (χ4v) is 8.56. The summed E-state index contributed by atoms with van der Waals surface area (Å²) in [6.07, 6.45) is 2.57. The van der Waals surface area contributed by atoms with E-state index in [0.29, 0.717) is 29.8 Å². The fourth-order valence-electron chi connectivity index (χ4n) is 6.07. The highest BCUT2D eigenvalue weighted by atomic mass is 35.5. The van der Waals surface area contributed by atoms with Crippen LogP contribution in [0.25, 0.3) is 0 Å². The van der Waals surface area contributed by atoms with Crippen molar-refractivity contribution >= 4 is 63.0 Å². The minimum atomic E-state index is -4.01. The molecule has 1 unspecified atom stereocenters. The van der Waals surface area contributed by atoms with Crippen LogP contribution in [0, 0.1) is 0 Å².